The number of rotatable bonds is 6. The first kappa shape index (κ1) is 15.2. The van der Waals surface area contributed by atoms with E-state index >= 15 is 0 Å². The number of hydrogen-bond acceptors (Lipinski definition) is 2. The van der Waals surface area contributed by atoms with Gasteiger partial charge < -0.3 is 5.32 Å². The van der Waals surface area contributed by atoms with Gasteiger partial charge in [-0.1, -0.05) is 31.2 Å². The molecule has 2 aromatic rings. The van der Waals surface area contributed by atoms with Crippen LogP contribution in [0.5, 0.6) is 0 Å². The summed E-state index contributed by atoms with van der Waals surface area (Å²) >= 11 is 3.50. The normalized spacial score (nSPS) is 12.3. The van der Waals surface area contributed by atoms with Gasteiger partial charge in [0.05, 0.1) is 0 Å². The van der Waals surface area contributed by atoms with Crippen molar-refractivity contribution in [2.24, 2.45) is 0 Å². The Labute approximate surface area is 129 Å². The molecule has 0 amide bonds. The van der Waals surface area contributed by atoms with Crippen LogP contribution in [-0.2, 0) is 6.42 Å². The number of benzene rings is 1. The molecule has 2 rings (SSSR count). The highest BCUT2D eigenvalue weighted by atomic mass is 79.9. The van der Waals surface area contributed by atoms with Gasteiger partial charge in [-0.3, -0.25) is 4.98 Å². The lowest BCUT2D eigenvalue weighted by Gasteiger charge is -2.20. The van der Waals surface area contributed by atoms with Gasteiger partial charge in [-0.05, 0) is 58.6 Å². The summed E-state index contributed by atoms with van der Waals surface area (Å²) in [5, 5.41) is 3.48. The van der Waals surface area contributed by atoms with Crippen LogP contribution in [0.2, 0.25) is 0 Å². The fraction of sp³-hybridized carbons (Fsp3) is 0.353. The highest BCUT2D eigenvalue weighted by Crippen LogP contribution is 2.24. The van der Waals surface area contributed by atoms with Crippen molar-refractivity contribution >= 4 is 15.9 Å². The van der Waals surface area contributed by atoms with Gasteiger partial charge in [0, 0.05) is 29.3 Å². The third kappa shape index (κ3) is 4.15. The summed E-state index contributed by atoms with van der Waals surface area (Å²) < 4.78 is 1.04. The van der Waals surface area contributed by atoms with E-state index in [0.29, 0.717) is 5.92 Å². The van der Waals surface area contributed by atoms with Crippen molar-refractivity contribution < 1.29 is 0 Å². The Balaban J connectivity index is 2.22. The molecule has 1 N–H and O–H groups in total. The Bertz CT molecular complexity index is 554. The fourth-order valence-corrected chi connectivity index (χ4v) is 2.92. The number of hydrogen-bond donors (Lipinski definition) is 1. The smallest absolute Gasteiger partial charge is 0.0410 e. The van der Waals surface area contributed by atoms with E-state index in [1.165, 1.54) is 16.7 Å². The van der Waals surface area contributed by atoms with E-state index in [-0.39, 0.29) is 0 Å². The van der Waals surface area contributed by atoms with Gasteiger partial charge in [0.1, 0.15) is 0 Å². The van der Waals surface area contributed by atoms with Crippen LogP contribution in [0.25, 0.3) is 0 Å². The summed E-state index contributed by atoms with van der Waals surface area (Å²) in [7, 11) is 0. The van der Waals surface area contributed by atoms with Crippen LogP contribution in [0.1, 0.15) is 29.5 Å². The molecule has 0 bridgehead atoms. The van der Waals surface area contributed by atoms with Crippen LogP contribution in [-0.4, -0.2) is 18.1 Å². The molecule has 1 atom stereocenters. The first-order chi connectivity index (χ1) is 9.70. The minimum absolute atomic E-state index is 0.479. The molecule has 20 heavy (non-hydrogen) atoms. The quantitative estimate of drug-likeness (QED) is 0.861. The second-order valence-corrected chi connectivity index (χ2v) is 5.99. The zero-order valence-electron chi connectivity index (χ0n) is 12.1. The second-order valence-electron chi connectivity index (χ2n) is 5.08. The number of nitrogens with one attached hydrogen (secondary N) is 1. The lowest BCUT2D eigenvalue weighted by Crippen LogP contribution is -2.23. The van der Waals surface area contributed by atoms with Crippen molar-refractivity contribution in [1.29, 1.82) is 0 Å². The molecule has 106 valence electrons. The van der Waals surface area contributed by atoms with Crippen LogP contribution in [0.15, 0.2) is 47.2 Å². The van der Waals surface area contributed by atoms with Gasteiger partial charge in [-0.25, -0.2) is 0 Å². The molecule has 0 spiro atoms. The molecule has 0 aliphatic heterocycles. The molecule has 0 saturated heterocycles. The highest BCUT2D eigenvalue weighted by molar-refractivity contribution is 9.10. The average molecular weight is 333 g/mol. The maximum absolute atomic E-state index is 4.27. The third-order valence-electron chi connectivity index (χ3n) is 3.51. The summed E-state index contributed by atoms with van der Waals surface area (Å²) in [4.78, 5) is 4.27. The highest BCUT2D eigenvalue weighted by Gasteiger charge is 2.14. The molecule has 1 heterocycles. The fourth-order valence-electron chi connectivity index (χ4n) is 2.51. The largest absolute Gasteiger partial charge is 0.316 e. The summed E-state index contributed by atoms with van der Waals surface area (Å²) in [6, 6.07) is 10.8. The molecule has 0 saturated carbocycles. The van der Waals surface area contributed by atoms with Crippen LogP contribution in [0.4, 0.5) is 0 Å². The minimum Gasteiger partial charge on any atom is -0.316 e. The monoisotopic (exact) mass is 332 g/mol. The number of halogens is 1. The predicted octanol–water partition coefficient (Wildman–Crippen LogP) is 4.09. The van der Waals surface area contributed by atoms with Gasteiger partial charge in [0.15, 0.2) is 0 Å². The average Bonchev–Trinajstić information content (AvgIpc) is 2.44. The molecule has 2 nitrogen and oxygen atoms in total. The lowest BCUT2D eigenvalue weighted by molar-refractivity contribution is 0.592. The van der Waals surface area contributed by atoms with Crippen molar-refractivity contribution in [3.8, 4) is 0 Å². The minimum atomic E-state index is 0.479. The molecule has 1 aromatic carbocycles. The molecule has 0 radical (unpaired) electrons. The van der Waals surface area contributed by atoms with Crippen molar-refractivity contribution in [1.82, 2.24) is 10.3 Å². The second kappa shape index (κ2) is 7.55. The van der Waals surface area contributed by atoms with E-state index in [1.54, 1.807) is 0 Å². The Morgan fingerprint density at radius 1 is 1.25 bits per heavy atom. The van der Waals surface area contributed by atoms with Crippen LogP contribution < -0.4 is 5.32 Å². The molecule has 0 aliphatic rings. The van der Waals surface area contributed by atoms with Crippen LogP contribution in [0.3, 0.4) is 0 Å². The maximum Gasteiger partial charge on any atom is 0.0410 e. The van der Waals surface area contributed by atoms with E-state index in [4.69, 9.17) is 0 Å². The van der Waals surface area contributed by atoms with Crippen molar-refractivity contribution in [3.63, 3.8) is 0 Å². The summed E-state index contributed by atoms with van der Waals surface area (Å²) in [5.74, 6) is 0.479. The van der Waals surface area contributed by atoms with Gasteiger partial charge in [0.2, 0.25) is 0 Å². The lowest BCUT2D eigenvalue weighted by atomic mass is 9.89. The Morgan fingerprint density at radius 3 is 2.75 bits per heavy atom. The molecule has 0 aliphatic carbocycles. The van der Waals surface area contributed by atoms with E-state index in [2.05, 4.69) is 70.4 Å². The topological polar surface area (TPSA) is 24.9 Å². The number of nitrogens with zero attached hydrogens (tertiary/aromatic N) is 1. The summed E-state index contributed by atoms with van der Waals surface area (Å²) in [5.41, 5.74) is 4.05. The number of likely N-dealkylation sites (N-methyl/N-ethyl adjacent to an activating group) is 1. The van der Waals surface area contributed by atoms with Crippen molar-refractivity contribution in [2.75, 3.05) is 13.1 Å². The van der Waals surface area contributed by atoms with E-state index in [0.717, 1.165) is 24.0 Å². The van der Waals surface area contributed by atoms with Crippen LogP contribution >= 0.6 is 15.9 Å². The SMILES string of the molecule is CCNCC(Cc1cncc(Br)c1)c1ccccc1C. The summed E-state index contributed by atoms with van der Waals surface area (Å²) in [6.45, 7) is 6.33. The van der Waals surface area contributed by atoms with E-state index in [1.807, 2.05) is 12.4 Å². The van der Waals surface area contributed by atoms with Crippen LogP contribution in [0, 0.1) is 6.92 Å². The van der Waals surface area contributed by atoms with E-state index in [9.17, 15) is 0 Å². The van der Waals surface area contributed by atoms with Gasteiger partial charge in [-0.2, -0.15) is 0 Å². The zero-order valence-corrected chi connectivity index (χ0v) is 13.7. The van der Waals surface area contributed by atoms with Crippen molar-refractivity contribution in [3.05, 3.63) is 63.9 Å². The molecular formula is C17H21BrN2. The maximum atomic E-state index is 4.27. The molecule has 1 aromatic heterocycles. The molecule has 3 heteroatoms. The molecular weight excluding hydrogens is 312 g/mol. The van der Waals surface area contributed by atoms with Gasteiger partial charge >= 0.3 is 0 Å². The first-order valence-electron chi connectivity index (χ1n) is 7.06. The standard InChI is InChI=1S/C17H21BrN2/c1-3-19-11-15(17-7-5-4-6-13(17)2)8-14-9-16(18)12-20-10-14/h4-7,9-10,12,15,19H,3,8,11H2,1-2H3. The van der Waals surface area contributed by atoms with Gasteiger partial charge in [0.25, 0.3) is 0 Å². The third-order valence-corrected chi connectivity index (χ3v) is 3.95. The first-order valence-corrected chi connectivity index (χ1v) is 7.85. The summed E-state index contributed by atoms with van der Waals surface area (Å²) in [6.07, 6.45) is 4.79. The zero-order chi connectivity index (χ0) is 14.4. The predicted molar refractivity (Wildman–Crippen MR) is 88.1 cm³/mol. The Morgan fingerprint density at radius 2 is 2.05 bits per heavy atom. The van der Waals surface area contributed by atoms with Crippen molar-refractivity contribution in [2.45, 2.75) is 26.2 Å². The van der Waals surface area contributed by atoms with E-state index < -0.39 is 0 Å². The number of pyridine rings is 1. The Kier molecular flexibility index (Phi) is 5.74. The number of aromatic nitrogens is 1. The van der Waals surface area contributed by atoms with Gasteiger partial charge in [-0.15, -0.1) is 0 Å². The molecule has 1 unspecified atom stereocenters. The Hall–Kier alpha value is -1.19. The number of aryl methyl sites for hydroxylation is 1. The molecule has 0 fully saturated rings.